The average molecular weight is 290 g/mol. The minimum absolute atomic E-state index is 0.00530. The summed E-state index contributed by atoms with van der Waals surface area (Å²) in [7, 11) is 1.98. The summed E-state index contributed by atoms with van der Waals surface area (Å²) in [6, 6.07) is 0.573. The molecular weight excluding hydrogens is 264 g/mol. The molecule has 3 unspecified atom stereocenters. The minimum Gasteiger partial charge on any atom is -0.354 e. The lowest BCUT2D eigenvalue weighted by Gasteiger charge is -2.39. The van der Waals surface area contributed by atoms with Crippen molar-refractivity contribution in [1.29, 1.82) is 0 Å². The Kier molecular flexibility index (Phi) is 4.58. The van der Waals surface area contributed by atoms with Gasteiger partial charge in [-0.1, -0.05) is 12.8 Å². The second-order valence-electron chi connectivity index (χ2n) is 6.44. The molecule has 5 heteroatoms. The Morgan fingerprint density at radius 3 is 3.05 bits per heavy atom. The molecule has 1 aliphatic heterocycles. The van der Waals surface area contributed by atoms with E-state index in [1.165, 1.54) is 32.1 Å². The van der Waals surface area contributed by atoms with E-state index < -0.39 is 0 Å². The molecule has 0 aromatic carbocycles. The molecule has 1 saturated carbocycles. The van der Waals surface area contributed by atoms with Gasteiger partial charge < -0.3 is 15.2 Å². The summed E-state index contributed by atoms with van der Waals surface area (Å²) < 4.78 is 2.00. The second-order valence-corrected chi connectivity index (χ2v) is 6.44. The fourth-order valence-electron chi connectivity index (χ4n) is 3.76. The van der Waals surface area contributed by atoms with Gasteiger partial charge in [-0.2, -0.15) is 0 Å². The van der Waals surface area contributed by atoms with E-state index in [9.17, 15) is 4.79 Å². The second kappa shape index (κ2) is 6.60. The maximum atomic E-state index is 12.3. The quantitative estimate of drug-likeness (QED) is 0.881. The number of aromatic nitrogens is 2. The first-order valence-electron chi connectivity index (χ1n) is 8.24. The molecule has 1 aliphatic carbocycles. The molecule has 2 aliphatic rings. The van der Waals surface area contributed by atoms with Gasteiger partial charge in [0.15, 0.2) is 0 Å². The van der Waals surface area contributed by atoms with Crippen LogP contribution in [-0.2, 0) is 18.3 Å². The first kappa shape index (κ1) is 14.6. The molecule has 0 spiro atoms. The van der Waals surface area contributed by atoms with Crippen LogP contribution in [0.2, 0.25) is 0 Å². The number of nitrogens with zero attached hydrogens (tertiary/aromatic N) is 2. The monoisotopic (exact) mass is 290 g/mol. The van der Waals surface area contributed by atoms with E-state index in [0.29, 0.717) is 12.6 Å². The third-order valence-electron chi connectivity index (χ3n) is 5.04. The Morgan fingerprint density at radius 1 is 1.38 bits per heavy atom. The molecule has 0 bridgehead atoms. The smallest absolute Gasteiger partial charge is 0.237 e. The summed E-state index contributed by atoms with van der Waals surface area (Å²) in [4.78, 5) is 16.6. The van der Waals surface area contributed by atoms with Gasteiger partial charge in [0.25, 0.3) is 0 Å². The van der Waals surface area contributed by atoms with E-state index in [0.717, 1.165) is 24.6 Å². The third kappa shape index (κ3) is 3.46. The highest BCUT2D eigenvalue weighted by Crippen LogP contribution is 2.32. The molecule has 2 heterocycles. The number of piperidine rings is 1. The van der Waals surface area contributed by atoms with Crippen LogP contribution in [0, 0.1) is 5.92 Å². The molecule has 3 rings (SSSR count). The van der Waals surface area contributed by atoms with Crippen molar-refractivity contribution in [2.24, 2.45) is 13.0 Å². The van der Waals surface area contributed by atoms with Crippen LogP contribution in [0.25, 0.3) is 0 Å². The number of amides is 1. The Hall–Kier alpha value is -1.36. The standard InChI is InChI=1S/C16H26N4O/c1-20-11-10-17-15(20)8-9-18-16(21)14-7-6-12-4-2-3-5-13(12)19-14/h10-14,19H,2-9H2,1H3,(H,18,21). The maximum Gasteiger partial charge on any atom is 0.237 e. The average Bonchev–Trinajstić information content (AvgIpc) is 2.92. The summed E-state index contributed by atoms with van der Waals surface area (Å²) >= 11 is 0. The molecular formula is C16H26N4O. The van der Waals surface area contributed by atoms with Gasteiger partial charge in [-0.25, -0.2) is 4.98 Å². The Balaban J connectivity index is 1.44. The highest BCUT2D eigenvalue weighted by atomic mass is 16.2. The summed E-state index contributed by atoms with van der Waals surface area (Å²) in [6.07, 6.45) is 11.9. The number of fused-ring (bicyclic) bond motifs is 1. The number of carbonyl (C=O) groups excluding carboxylic acids is 1. The first-order chi connectivity index (χ1) is 10.2. The maximum absolute atomic E-state index is 12.3. The number of hydrogen-bond acceptors (Lipinski definition) is 3. The lowest BCUT2D eigenvalue weighted by molar-refractivity contribution is -0.124. The van der Waals surface area contributed by atoms with Crippen molar-refractivity contribution < 1.29 is 4.79 Å². The van der Waals surface area contributed by atoms with Crippen LogP contribution >= 0.6 is 0 Å². The van der Waals surface area contributed by atoms with Crippen molar-refractivity contribution in [3.05, 3.63) is 18.2 Å². The molecule has 1 aromatic heterocycles. The van der Waals surface area contributed by atoms with Gasteiger partial charge in [0.1, 0.15) is 5.82 Å². The number of aryl methyl sites for hydroxylation is 1. The van der Waals surface area contributed by atoms with E-state index in [-0.39, 0.29) is 11.9 Å². The minimum atomic E-state index is 0.00530. The van der Waals surface area contributed by atoms with Crippen molar-refractivity contribution in [1.82, 2.24) is 20.2 Å². The highest BCUT2D eigenvalue weighted by molar-refractivity contribution is 5.81. The van der Waals surface area contributed by atoms with Crippen molar-refractivity contribution in [3.8, 4) is 0 Å². The van der Waals surface area contributed by atoms with Crippen molar-refractivity contribution in [2.45, 2.75) is 57.0 Å². The van der Waals surface area contributed by atoms with E-state index in [4.69, 9.17) is 0 Å². The van der Waals surface area contributed by atoms with Crippen LogP contribution < -0.4 is 10.6 Å². The Bertz CT molecular complexity index is 484. The topological polar surface area (TPSA) is 59.0 Å². The van der Waals surface area contributed by atoms with Gasteiger partial charge in [-0.05, 0) is 31.6 Å². The van der Waals surface area contributed by atoms with Crippen molar-refractivity contribution in [2.75, 3.05) is 6.54 Å². The molecule has 1 aromatic rings. The molecule has 116 valence electrons. The zero-order valence-corrected chi connectivity index (χ0v) is 12.8. The van der Waals surface area contributed by atoms with Crippen LogP contribution in [-0.4, -0.2) is 34.1 Å². The molecule has 0 radical (unpaired) electrons. The largest absolute Gasteiger partial charge is 0.354 e. The molecule has 1 amide bonds. The molecule has 21 heavy (non-hydrogen) atoms. The van der Waals surface area contributed by atoms with Crippen LogP contribution in [0.3, 0.4) is 0 Å². The summed E-state index contributed by atoms with van der Waals surface area (Å²) in [6.45, 7) is 0.663. The fourth-order valence-corrected chi connectivity index (χ4v) is 3.76. The number of hydrogen-bond donors (Lipinski definition) is 2. The van der Waals surface area contributed by atoms with Gasteiger partial charge in [0, 0.05) is 38.4 Å². The number of nitrogens with one attached hydrogen (secondary N) is 2. The van der Waals surface area contributed by atoms with Gasteiger partial charge >= 0.3 is 0 Å². The van der Waals surface area contributed by atoms with E-state index in [1.807, 2.05) is 17.8 Å². The van der Waals surface area contributed by atoms with E-state index in [1.54, 1.807) is 6.20 Å². The Morgan fingerprint density at radius 2 is 2.24 bits per heavy atom. The number of carbonyl (C=O) groups is 1. The van der Waals surface area contributed by atoms with Gasteiger partial charge in [0.05, 0.1) is 6.04 Å². The van der Waals surface area contributed by atoms with Gasteiger partial charge in [-0.3, -0.25) is 4.79 Å². The SMILES string of the molecule is Cn1ccnc1CCNC(=O)C1CCC2CCCCC2N1. The zero-order chi connectivity index (χ0) is 14.7. The molecule has 1 saturated heterocycles. The van der Waals surface area contributed by atoms with E-state index in [2.05, 4.69) is 15.6 Å². The first-order valence-corrected chi connectivity index (χ1v) is 8.24. The van der Waals surface area contributed by atoms with Crippen LogP contribution in [0.5, 0.6) is 0 Å². The number of imidazole rings is 1. The molecule has 3 atom stereocenters. The summed E-state index contributed by atoms with van der Waals surface area (Å²) in [5, 5.41) is 6.64. The predicted octanol–water partition coefficient (Wildman–Crippen LogP) is 1.39. The lowest BCUT2D eigenvalue weighted by atomic mass is 9.77. The van der Waals surface area contributed by atoms with Gasteiger partial charge in [-0.15, -0.1) is 0 Å². The normalized spacial score (nSPS) is 28.9. The molecule has 2 fully saturated rings. The zero-order valence-electron chi connectivity index (χ0n) is 12.8. The number of rotatable bonds is 4. The van der Waals surface area contributed by atoms with Crippen LogP contribution in [0.4, 0.5) is 0 Å². The fraction of sp³-hybridized carbons (Fsp3) is 0.750. The molecule has 5 nitrogen and oxygen atoms in total. The third-order valence-corrected chi connectivity index (χ3v) is 5.04. The van der Waals surface area contributed by atoms with Crippen molar-refractivity contribution in [3.63, 3.8) is 0 Å². The van der Waals surface area contributed by atoms with Crippen LogP contribution in [0.1, 0.15) is 44.3 Å². The highest BCUT2D eigenvalue weighted by Gasteiger charge is 2.34. The van der Waals surface area contributed by atoms with Gasteiger partial charge in [0.2, 0.25) is 5.91 Å². The summed E-state index contributed by atoms with van der Waals surface area (Å²) in [5.74, 6) is 1.97. The predicted molar refractivity (Wildman–Crippen MR) is 81.8 cm³/mol. The lowest BCUT2D eigenvalue weighted by Crippen LogP contribution is -2.55. The van der Waals surface area contributed by atoms with Crippen LogP contribution in [0.15, 0.2) is 12.4 Å². The molecule has 2 N–H and O–H groups in total. The van der Waals surface area contributed by atoms with Crippen molar-refractivity contribution >= 4 is 5.91 Å². The van der Waals surface area contributed by atoms with E-state index >= 15 is 0 Å². The Labute approximate surface area is 126 Å². The summed E-state index contributed by atoms with van der Waals surface area (Å²) in [5.41, 5.74) is 0.